The fourth-order valence-electron chi connectivity index (χ4n) is 3.23. The second kappa shape index (κ2) is 11.6. The van der Waals surface area contributed by atoms with Gasteiger partial charge in [-0.3, -0.25) is 9.59 Å². The highest BCUT2D eigenvalue weighted by atomic mass is 16.5. The number of methoxy groups -OCH3 is 1. The quantitative estimate of drug-likeness (QED) is 0.309. The molecule has 0 bridgehead atoms. The zero-order valence-electron chi connectivity index (χ0n) is 21.3. The Morgan fingerprint density at radius 3 is 2.03 bits per heavy atom. The molecule has 0 aliphatic carbocycles. The summed E-state index contributed by atoms with van der Waals surface area (Å²) in [6.45, 7) is 16.1. The Labute approximate surface area is 193 Å². The highest BCUT2D eigenvalue weighted by Gasteiger charge is 2.24. The first-order chi connectivity index (χ1) is 14.7. The Hall–Kier alpha value is -2.21. The van der Waals surface area contributed by atoms with Crippen LogP contribution in [0.2, 0.25) is 0 Å². The van der Waals surface area contributed by atoms with Crippen LogP contribution in [0.5, 0.6) is 0 Å². The van der Waals surface area contributed by atoms with Crippen molar-refractivity contribution < 1.29 is 23.9 Å². The SMILES string of the molecule is COC(=O)c1cc(NC(C)(C)CCOC(C)(C)CCC(=O)C(C)C)cc(C(=O)C(C)C)c1. The lowest BCUT2D eigenvalue weighted by molar-refractivity contribution is -0.123. The first-order valence-corrected chi connectivity index (χ1v) is 11.4. The van der Waals surface area contributed by atoms with Crippen molar-refractivity contribution in [2.45, 2.75) is 85.8 Å². The Morgan fingerprint density at radius 1 is 0.906 bits per heavy atom. The summed E-state index contributed by atoms with van der Waals surface area (Å²) in [4.78, 5) is 36.6. The fraction of sp³-hybridized carbons (Fsp3) is 0.654. The zero-order valence-corrected chi connectivity index (χ0v) is 21.3. The van der Waals surface area contributed by atoms with Gasteiger partial charge in [-0.1, -0.05) is 27.7 Å². The van der Waals surface area contributed by atoms with Crippen molar-refractivity contribution in [1.82, 2.24) is 0 Å². The van der Waals surface area contributed by atoms with Gasteiger partial charge in [0.25, 0.3) is 0 Å². The highest BCUT2D eigenvalue weighted by molar-refractivity contribution is 6.01. The average molecular weight is 448 g/mol. The first-order valence-electron chi connectivity index (χ1n) is 11.4. The summed E-state index contributed by atoms with van der Waals surface area (Å²) in [7, 11) is 1.32. The zero-order chi connectivity index (χ0) is 24.7. The van der Waals surface area contributed by atoms with Gasteiger partial charge < -0.3 is 14.8 Å². The molecule has 1 N–H and O–H groups in total. The summed E-state index contributed by atoms with van der Waals surface area (Å²) in [5, 5.41) is 3.43. The van der Waals surface area contributed by atoms with Crippen LogP contribution in [0.3, 0.4) is 0 Å². The van der Waals surface area contributed by atoms with Crippen LogP contribution < -0.4 is 5.32 Å². The summed E-state index contributed by atoms with van der Waals surface area (Å²) in [5.41, 5.74) is 0.764. The number of esters is 1. The van der Waals surface area contributed by atoms with Crippen LogP contribution in [-0.2, 0) is 14.3 Å². The third kappa shape index (κ3) is 9.11. The minimum absolute atomic E-state index is 0.0300. The summed E-state index contributed by atoms with van der Waals surface area (Å²) >= 11 is 0. The number of hydrogen-bond donors (Lipinski definition) is 1. The molecule has 0 saturated carbocycles. The minimum atomic E-state index is -0.481. The van der Waals surface area contributed by atoms with E-state index >= 15 is 0 Å². The lowest BCUT2D eigenvalue weighted by Crippen LogP contribution is -2.35. The van der Waals surface area contributed by atoms with Gasteiger partial charge in [0.05, 0.1) is 18.3 Å². The van der Waals surface area contributed by atoms with E-state index in [0.29, 0.717) is 42.7 Å². The van der Waals surface area contributed by atoms with E-state index in [9.17, 15) is 14.4 Å². The number of anilines is 1. The van der Waals surface area contributed by atoms with Crippen LogP contribution in [0, 0.1) is 11.8 Å². The molecule has 1 aromatic carbocycles. The molecule has 0 heterocycles. The Morgan fingerprint density at radius 2 is 1.50 bits per heavy atom. The van der Waals surface area contributed by atoms with Crippen LogP contribution >= 0.6 is 0 Å². The standard InChI is InChI=1S/C26H41NO5/c1-17(2)22(28)10-11-26(7,8)32-13-12-25(5,6)27-21-15-19(23(29)18(3)4)14-20(16-21)24(30)31-9/h14-18,27H,10-13H2,1-9H3. The van der Waals surface area contributed by atoms with Crippen LogP contribution in [-0.4, -0.2) is 42.4 Å². The monoisotopic (exact) mass is 447 g/mol. The number of ketones is 2. The molecule has 1 aromatic rings. The number of rotatable bonds is 13. The molecule has 0 aliphatic rings. The Bertz CT molecular complexity index is 808. The summed E-state index contributed by atoms with van der Waals surface area (Å²) in [6.07, 6.45) is 1.89. The smallest absolute Gasteiger partial charge is 0.337 e. The number of ether oxygens (including phenoxy) is 2. The van der Waals surface area contributed by atoms with Crippen LogP contribution in [0.1, 0.15) is 95.4 Å². The molecular weight excluding hydrogens is 406 g/mol. The van der Waals surface area contributed by atoms with Crippen LogP contribution in [0.4, 0.5) is 5.69 Å². The molecule has 32 heavy (non-hydrogen) atoms. The largest absolute Gasteiger partial charge is 0.465 e. The third-order valence-corrected chi connectivity index (χ3v) is 5.48. The molecule has 0 atom stereocenters. The van der Waals surface area contributed by atoms with E-state index in [1.807, 2.05) is 55.4 Å². The number of benzene rings is 1. The van der Waals surface area contributed by atoms with E-state index in [2.05, 4.69) is 5.32 Å². The van der Waals surface area contributed by atoms with Crippen molar-refractivity contribution in [2.75, 3.05) is 19.0 Å². The van der Waals surface area contributed by atoms with Gasteiger partial charge in [0, 0.05) is 41.7 Å². The molecule has 0 amide bonds. The van der Waals surface area contributed by atoms with Crippen molar-refractivity contribution in [1.29, 1.82) is 0 Å². The summed E-state index contributed by atoms with van der Waals surface area (Å²) in [5.74, 6) is -0.395. The van der Waals surface area contributed by atoms with Gasteiger partial charge in [-0.25, -0.2) is 4.79 Å². The topological polar surface area (TPSA) is 81.7 Å². The molecule has 0 unspecified atom stereocenters. The molecule has 0 fully saturated rings. The lowest BCUT2D eigenvalue weighted by atomic mass is 9.95. The molecule has 0 saturated heterocycles. The van der Waals surface area contributed by atoms with E-state index in [1.165, 1.54) is 7.11 Å². The van der Waals surface area contributed by atoms with Gasteiger partial charge in [0.2, 0.25) is 0 Å². The van der Waals surface area contributed by atoms with Crippen molar-refractivity contribution in [3.63, 3.8) is 0 Å². The molecule has 0 radical (unpaired) electrons. The minimum Gasteiger partial charge on any atom is -0.465 e. The molecule has 0 aliphatic heterocycles. The summed E-state index contributed by atoms with van der Waals surface area (Å²) in [6, 6.07) is 5.06. The van der Waals surface area contributed by atoms with E-state index in [0.717, 1.165) is 0 Å². The Kier molecular flexibility index (Phi) is 10.1. The number of carbonyl (C=O) groups excluding carboxylic acids is 3. The number of hydrogen-bond acceptors (Lipinski definition) is 6. The number of Topliss-reactive ketones (excluding diaryl/α,β-unsaturated/α-hetero) is 2. The maximum atomic E-state index is 12.5. The van der Waals surface area contributed by atoms with Crippen LogP contribution in [0.25, 0.3) is 0 Å². The van der Waals surface area contributed by atoms with Gasteiger partial charge in [0.1, 0.15) is 5.78 Å². The lowest BCUT2D eigenvalue weighted by Gasteiger charge is -2.31. The maximum absolute atomic E-state index is 12.5. The van der Waals surface area contributed by atoms with Gasteiger partial charge in [-0.05, 0) is 58.7 Å². The van der Waals surface area contributed by atoms with E-state index < -0.39 is 5.97 Å². The molecule has 1 rings (SSSR count). The molecule has 180 valence electrons. The van der Waals surface area contributed by atoms with Crippen molar-refractivity contribution in [3.05, 3.63) is 29.3 Å². The summed E-state index contributed by atoms with van der Waals surface area (Å²) < 4.78 is 10.9. The van der Waals surface area contributed by atoms with Gasteiger partial charge >= 0.3 is 5.97 Å². The molecule has 6 nitrogen and oxygen atoms in total. The van der Waals surface area contributed by atoms with Crippen molar-refractivity contribution in [2.24, 2.45) is 11.8 Å². The predicted molar refractivity (Wildman–Crippen MR) is 128 cm³/mol. The van der Waals surface area contributed by atoms with Crippen molar-refractivity contribution >= 4 is 23.2 Å². The second-order valence-electron chi connectivity index (χ2n) is 10.3. The maximum Gasteiger partial charge on any atom is 0.337 e. The van der Waals surface area contributed by atoms with Gasteiger partial charge in [-0.15, -0.1) is 0 Å². The molecule has 0 aromatic heterocycles. The normalized spacial score (nSPS) is 12.2. The third-order valence-electron chi connectivity index (χ3n) is 5.48. The van der Waals surface area contributed by atoms with Crippen LogP contribution in [0.15, 0.2) is 18.2 Å². The van der Waals surface area contributed by atoms with Gasteiger partial charge in [-0.2, -0.15) is 0 Å². The fourth-order valence-corrected chi connectivity index (χ4v) is 3.23. The van der Waals surface area contributed by atoms with E-state index in [1.54, 1.807) is 18.2 Å². The second-order valence-corrected chi connectivity index (χ2v) is 10.3. The van der Waals surface area contributed by atoms with Crippen molar-refractivity contribution in [3.8, 4) is 0 Å². The number of nitrogens with one attached hydrogen (secondary N) is 1. The highest BCUT2D eigenvalue weighted by Crippen LogP contribution is 2.25. The molecular formula is C26H41NO5. The predicted octanol–water partition coefficient (Wildman–Crippen LogP) is 5.69. The Balaban J connectivity index is 2.85. The molecule has 6 heteroatoms. The first kappa shape index (κ1) is 27.8. The molecule has 0 spiro atoms. The average Bonchev–Trinajstić information content (AvgIpc) is 2.69. The van der Waals surface area contributed by atoms with E-state index in [-0.39, 0.29) is 34.5 Å². The van der Waals surface area contributed by atoms with Gasteiger partial charge in [0.15, 0.2) is 5.78 Å². The number of carbonyl (C=O) groups is 3. The van der Waals surface area contributed by atoms with E-state index in [4.69, 9.17) is 9.47 Å².